The van der Waals surface area contributed by atoms with E-state index in [9.17, 15) is 24.3 Å². The van der Waals surface area contributed by atoms with E-state index in [1.54, 1.807) is 28.9 Å². The van der Waals surface area contributed by atoms with Gasteiger partial charge in [0.05, 0.1) is 34.8 Å². The molecule has 1 aliphatic heterocycles. The third-order valence-electron chi connectivity index (χ3n) is 10.8. The van der Waals surface area contributed by atoms with Gasteiger partial charge in [0.1, 0.15) is 17.8 Å². The number of carbonyl (C=O) groups excluding carboxylic acids is 4. The van der Waals surface area contributed by atoms with Gasteiger partial charge in [0.25, 0.3) is 5.91 Å². The predicted octanol–water partition coefficient (Wildman–Crippen LogP) is 6.55. The van der Waals surface area contributed by atoms with Gasteiger partial charge in [-0.25, -0.2) is 10.5 Å². The van der Waals surface area contributed by atoms with Crippen LogP contribution in [-0.4, -0.2) is 79.7 Å². The van der Waals surface area contributed by atoms with E-state index in [0.29, 0.717) is 25.1 Å². The number of amides is 4. The third kappa shape index (κ3) is 10.7. The molecule has 6 rings (SSSR count). The van der Waals surface area contributed by atoms with E-state index in [1.165, 1.54) is 4.90 Å². The number of aliphatic hydroxyl groups excluding tert-OH is 1. The van der Waals surface area contributed by atoms with Gasteiger partial charge < -0.3 is 29.9 Å². The van der Waals surface area contributed by atoms with E-state index >= 15 is 0 Å². The molecule has 59 heavy (non-hydrogen) atoms. The molecule has 1 saturated heterocycles. The van der Waals surface area contributed by atoms with Crippen LogP contribution in [0.2, 0.25) is 0 Å². The van der Waals surface area contributed by atoms with Gasteiger partial charge in [-0.2, -0.15) is 0 Å². The average molecular weight is 823 g/mol. The number of unbranched alkanes of at least 4 members (excludes halogenated alkanes) is 2. The summed E-state index contributed by atoms with van der Waals surface area (Å²) >= 11 is 1.58. The molecule has 0 unspecified atom stereocenters. The Labute approximate surface area is 348 Å². The van der Waals surface area contributed by atoms with Gasteiger partial charge in [-0.3, -0.25) is 24.4 Å². The maximum absolute atomic E-state index is 14.0. The number of hydroxylamine groups is 1. The lowest BCUT2D eigenvalue weighted by Crippen LogP contribution is -2.57. The number of hydrogen-bond donors (Lipinski definition) is 5. The van der Waals surface area contributed by atoms with Crippen molar-refractivity contribution in [3.05, 3.63) is 107 Å². The molecule has 4 atom stereocenters. The van der Waals surface area contributed by atoms with Crippen molar-refractivity contribution in [2.45, 2.75) is 97.5 Å². The van der Waals surface area contributed by atoms with Gasteiger partial charge in [0.2, 0.25) is 17.7 Å². The third-order valence-corrected chi connectivity index (χ3v) is 11.8. The van der Waals surface area contributed by atoms with Crippen LogP contribution < -0.4 is 20.9 Å². The number of benzene rings is 3. The summed E-state index contributed by atoms with van der Waals surface area (Å²) in [5.74, 6) is -0.803. The zero-order valence-corrected chi connectivity index (χ0v) is 35.1. The molecular formula is C45H54N6O7S. The Morgan fingerprint density at radius 2 is 1.71 bits per heavy atom. The van der Waals surface area contributed by atoms with Crippen LogP contribution >= 0.6 is 11.3 Å². The minimum Gasteiger partial charge on any atom is -0.494 e. The van der Waals surface area contributed by atoms with Crippen LogP contribution in [0.25, 0.3) is 21.3 Å². The zero-order chi connectivity index (χ0) is 42.3. The fraction of sp³-hybridized carbons (Fsp3) is 0.400. The summed E-state index contributed by atoms with van der Waals surface area (Å²) in [6.07, 6.45) is 3.57. The number of fused-ring (bicyclic) bond motifs is 1. The highest BCUT2D eigenvalue weighted by Gasteiger charge is 2.44. The minimum absolute atomic E-state index is 0.0118. The van der Waals surface area contributed by atoms with E-state index in [-0.39, 0.29) is 43.1 Å². The maximum Gasteiger partial charge on any atom is 0.274 e. The summed E-state index contributed by atoms with van der Waals surface area (Å²) in [6, 6.07) is 20.9. The number of likely N-dealkylation sites (tertiary alicyclic amines) is 1. The van der Waals surface area contributed by atoms with Gasteiger partial charge in [-0.15, -0.1) is 11.3 Å². The number of ether oxygens (including phenoxy) is 1. The van der Waals surface area contributed by atoms with Crippen LogP contribution in [0.5, 0.6) is 5.75 Å². The first-order valence-electron chi connectivity index (χ1n) is 20.1. The molecule has 13 nitrogen and oxygen atoms in total. The Balaban J connectivity index is 0.944. The Hall–Kier alpha value is -5.57. The SMILES string of the molecule is Cc1ncsc1-c1ccc([C@H](C)NC(=O)[C@@H]2C[C@@H](O)CN2C(=O)[C@@H](NC(=O)CCCCCOc2ccc(Cn3ccc4ccc(C(=O)NO)cc43)cc2)C(C)(C)C)cc1. The molecule has 5 N–H and O–H groups in total. The number of aryl methyl sites for hydroxylation is 1. The highest BCUT2D eigenvalue weighted by atomic mass is 32.1. The van der Waals surface area contributed by atoms with Crippen molar-refractivity contribution in [2.24, 2.45) is 5.41 Å². The lowest BCUT2D eigenvalue weighted by molar-refractivity contribution is -0.144. The summed E-state index contributed by atoms with van der Waals surface area (Å²) in [7, 11) is 0. The van der Waals surface area contributed by atoms with Crippen molar-refractivity contribution >= 4 is 45.9 Å². The Morgan fingerprint density at radius 1 is 0.966 bits per heavy atom. The highest BCUT2D eigenvalue weighted by Crippen LogP contribution is 2.30. The van der Waals surface area contributed by atoms with Crippen LogP contribution in [0.15, 0.2) is 84.5 Å². The second kappa shape index (κ2) is 19.0. The van der Waals surface area contributed by atoms with Gasteiger partial charge in [0.15, 0.2) is 0 Å². The summed E-state index contributed by atoms with van der Waals surface area (Å²) in [6.45, 7) is 10.6. The Bertz CT molecular complexity index is 2250. The maximum atomic E-state index is 14.0. The second-order valence-electron chi connectivity index (χ2n) is 16.3. The molecule has 2 aromatic heterocycles. The number of carbonyl (C=O) groups is 4. The minimum atomic E-state index is -0.886. The predicted molar refractivity (Wildman–Crippen MR) is 227 cm³/mol. The molecule has 3 heterocycles. The number of aliphatic hydroxyl groups is 1. The van der Waals surface area contributed by atoms with Crippen molar-refractivity contribution in [1.82, 2.24) is 30.6 Å². The van der Waals surface area contributed by atoms with Crippen molar-refractivity contribution < 1.29 is 34.2 Å². The molecule has 1 aliphatic rings. The van der Waals surface area contributed by atoms with E-state index in [2.05, 4.69) is 15.6 Å². The summed E-state index contributed by atoms with van der Waals surface area (Å²) in [5, 5.41) is 26.6. The Morgan fingerprint density at radius 3 is 2.39 bits per heavy atom. The number of aromatic nitrogens is 2. The van der Waals surface area contributed by atoms with Crippen molar-refractivity contribution in [1.29, 1.82) is 0 Å². The number of nitrogens with zero attached hydrogens (tertiary/aromatic N) is 3. The molecule has 0 aliphatic carbocycles. The summed E-state index contributed by atoms with van der Waals surface area (Å²) in [5.41, 5.74) is 8.09. The standard InChI is InChI=1S/C45H54N6O7S/c1-28(31-12-15-33(16-13-31)40-29(2)46-27-59-40)47-43(55)38-24-35(52)26-51(38)44(56)41(45(3,4)5)48-39(53)9-7-6-8-22-58-36-18-10-30(11-19-36)25-50-21-20-32-14-17-34(23-37(32)50)42(54)49-57/h10-21,23,27-28,35,38,41,52,57H,6-9,22,24-26H2,1-5H3,(H,47,55)(H,48,53)(H,49,54)/t28-,35+,38-,41+/m0/s1. The molecule has 14 heteroatoms. The molecule has 0 bridgehead atoms. The molecule has 0 radical (unpaired) electrons. The van der Waals surface area contributed by atoms with Crippen LogP contribution in [0.1, 0.15) is 93.0 Å². The molecule has 5 aromatic rings. The fourth-order valence-corrected chi connectivity index (χ4v) is 8.23. The van der Waals surface area contributed by atoms with E-state index < -0.39 is 29.5 Å². The van der Waals surface area contributed by atoms with Gasteiger partial charge in [-0.05, 0) is 90.9 Å². The highest BCUT2D eigenvalue weighted by molar-refractivity contribution is 7.13. The lowest BCUT2D eigenvalue weighted by Gasteiger charge is -2.35. The first-order valence-corrected chi connectivity index (χ1v) is 20.9. The van der Waals surface area contributed by atoms with E-state index in [1.807, 2.05) is 112 Å². The molecule has 3 aromatic carbocycles. The first kappa shape index (κ1) is 43.0. The van der Waals surface area contributed by atoms with Gasteiger partial charge in [0, 0.05) is 43.2 Å². The topological polar surface area (TPSA) is 175 Å². The zero-order valence-electron chi connectivity index (χ0n) is 34.2. The normalized spacial score (nSPS) is 16.4. The van der Waals surface area contributed by atoms with Crippen LogP contribution in [0, 0.1) is 12.3 Å². The van der Waals surface area contributed by atoms with Crippen molar-refractivity contribution in [3.8, 4) is 16.2 Å². The lowest BCUT2D eigenvalue weighted by atomic mass is 9.85. The van der Waals surface area contributed by atoms with Crippen LogP contribution in [0.3, 0.4) is 0 Å². The number of nitrogens with one attached hydrogen (secondary N) is 3. The average Bonchev–Trinajstić information content (AvgIpc) is 3.95. The van der Waals surface area contributed by atoms with Gasteiger partial charge in [-0.1, -0.05) is 63.2 Å². The number of hydrogen-bond acceptors (Lipinski definition) is 9. The monoisotopic (exact) mass is 822 g/mol. The fourth-order valence-electron chi connectivity index (χ4n) is 7.42. The van der Waals surface area contributed by atoms with E-state index in [0.717, 1.165) is 56.8 Å². The molecular weight excluding hydrogens is 769 g/mol. The van der Waals surface area contributed by atoms with Crippen molar-refractivity contribution in [3.63, 3.8) is 0 Å². The smallest absolute Gasteiger partial charge is 0.274 e. The van der Waals surface area contributed by atoms with E-state index in [4.69, 9.17) is 9.94 Å². The van der Waals surface area contributed by atoms with Crippen LogP contribution in [-0.2, 0) is 20.9 Å². The quantitative estimate of drug-likeness (QED) is 0.0423. The van der Waals surface area contributed by atoms with Gasteiger partial charge >= 0.3 is 0 Å². The molecule has 0 spiro atoms. The number of β-amino-alcohol motifs (C(OH)–C–C–N with tert-alkyl or cyclic N) is 1. The second-order valence-corrected chi connectivity index (χ2v) is 17.2. The largest absolute Gasteiger partial charge is 0.494 e. The number of rotatable bonds is 16. The Kier molecular flexibility index (Phi) is 13.9. The molecule has 312 valence electrons. The number of thiazole rings is 1. The molecule has 4 amide bonds. The van der Waals surface area contributed by atoms with Crippen LogP contribution in [0.4, 0.5) is 0 Å². The molecule has 0 saturated carbocycles. The molecule has 1 fully saturated rings. The summed E-state index contributed by atoms with van der Waals surface area (Å²) < 4.78 is 7.99. The first-order chi connectivity index (χ1) is 28.2. The summed E-state index contributed by atoms with van der Waals surface area (Å²) in [4.78, 5) is 59.6. The van der Waals surface area contributed by atoms with Crippen molar-refractivity contribution in [2.75, 3.05) is 13.2 Å².